The molecule has 4 N–H and O–H groups in total. The fourth-order valence-corrected chi connectivity index (χ4v) is 1.94. The molecule has 1 rings (SSSR count). The van der Waals surface area contributed by atoms with Crippen LogP contribution >= 0.6 is 35.3 Å². The maximum atomic E-state index is 11.1. The number of guanidine groups is 1. The van der Waals surface area contributed by atoms with Crippen molar-refractivity contribution in [3.8, 4) is 0 Å². The molecule has 0 aromatic carbocycles. The van der Waals surface area contributed by atoms with Gasteiger partial charge in [-0.2, -0.15) is 0 Å². The number of carbonyl (C=O) groups is 1. The number of aliphatic imine (C=N–C) groups is 1. The molecule has 0 radical (unpaired) electrons. The first kappa shape index (κ1) is 17.2. The summed E-state index contributed by atoms with van der Waals surface area (Å²) in [5.41, 5.74) is 5.62. The van der Waals surface area contributed by atoms with E-state index >= 15 is 0 Å². The van der Waals surface area contributed by atoms with Crippen molar-refractivity contribution in [1.29, 1.82) is 0 Å². The van der Waals surface area contributed by atoms with E-state index in [1.807, 2.05) is 18.4 Å². The maximum Gasteiger partial charge on any atom is 0.241 e. The van der Waals surface area contributed by atoms with Crippen LogP contribution in [0.2, 0.25) is 0 Å². The third-order valence-corrected chi connectivity index (χ3v) is 2.96. The summed E-state index contributed by atoms with van der Waals surface area (Å²) in [6.07, 6.45) is 0.912. The van der Waals surface area contributed by atoms with E-state index in [4.69, 9.17) is 5.73 Å². The normalized spacial score (nSPS) is 10.6. The van der Waals surface area contributed by atoms with E-state index in [9.17, 15) is 4.79 Å². The van der Waals surface area contributed by atoms with Crippen LogP contribution in [-0.2, 0) is 11.2 Å². The van der Waals surface area contributed by atoms with Crippen LogP contribution in [0.25, 0.3) is 0 Å². The average Bonchev–Trinajstić information content (AvgIpc) is 2.80. The van der Waals surface area contributed by atoms with Crippen LogP contribution in [0.3, 0.4) is 0 Å². The van der Waals surface area contributed by atoms with Gasteiger partial charge in [-0.15, -0.1) is 35.3 Å². The molecule has 1 amide bonds. The van der Waals surface area contributed by atoms with E-state index in [0.717, 1.165) is 13.0 Å². The molecule has 0 aliphatic carbocycles. The molecule has 0 unspecified atom stereocenters. The molecule has 1 aromatic heterocycles. The lowest BCUT2D eigenvalue weighted by Crippen LogP contribution is -2.35. The zero-order valence-corrected chi connectivity index (χ0v) is 13.5. The second kappa shape index (κ2) is 10.1. The Bertz CT molecular complexity index is 367. The summed E-state index contributed by atoms with van der Waals surface area (Å²) in [5, 5.41) is 7.67. The molecule has 0 spiro atoms. The number of nitrogens with one attached hydrogen (secondary N) is 2. The number of nitrogens with zero attached hydrogens (tertiary/aromatic N) is 1. The summed E-state index contributed by atoms with van der Waals surface area (Å²) in [4.78, 5) is 16.3. The summed E-state index contributed by atoms with van der Waals surface area (Å²) >= 11 is 1.71. The standard InChI is InChI=1S/C11H18N4OS.HI/c1-2-13-10(16)8-15-11(12)14-6-5-9-4-3-7-17-9;/h3-4,7H,2,5-6,8H2,1H3,(H,13,16)(H3,12,14,15);1H. The molecule has 0 aliphatic rings. The van der Waals surface area contributed by atoms with Crippen molar-refractivity contribution in [1.82, 2.24) is 10.6 Å². The molecular weight excluding hydrogens is 363 g/mol. The van der Waals surface area contributed by atoms with Gasteiger partial charge in [0.2, 0.25) is 5.91 Å². The number of thiophene rings is 1. The molecule has 7 heteroatoms. The number of rotatable bonds is 6. The monoisotopic (exact) mass is 382 g/mol. The quantitative estimate of drug-likeness (QED) is 0.390. The highest BCUT2D eigenvalue weighted by Gasteiger charge is 1.98. The fourth-order valence-electron chi connectivity index (χ4n) is 1.23. The van der Waals surface area contributed by atoms with Crippen molar-refractivity contribution >= 4 is 47.2 Å². The molecule has 1 aromatic rings. The molecule has 0 aliphatic heterocycles. The van der Waals surface area contributed by atoms with Crippen molar-refractivity contribution in [3.63, 3.8) is 0 Å². The number of likely N-dealkylation sites (N-methyl/N-ethyl adjacent to an activating group) is 1. The van der Waals surface area contributed by atoms with Crippen molar-refractivity contribution in [2.75, 3.05) is 19.6 Å². The molecular formula is C11H19IN4OS. The summed E-state index contributed by atoms with van der Waals surface area (Å²) < 4.78 is 0. The lowest BCUT2D eigenvalue weighted by molar-refractivity contribution is -0.119. The minimum atomic E-state index is -0.115. The summed E-state index contributed by atoms with van der Waals surface area (Å²) in [7, 11) is 0. The zero-order valence-electron chi connectivity index (χ0n) is 10.3. The smallest absolute Gasteiger partial charge is 0.241 e. The molecule has 0 bridgehead atoms. The Kier molecular flexibility index (Phi) is 9.66. The Balaban J connectivity index is 0.00000289. The Hall–Kier alpha value is -0.830. The number of nitrogens with two attached hydrogens (primary N) is 1. The molecule has 5 nitrogen and oxygen atoms in total. The van der Waals surface area contributed by atoms with Gasteiger partial charge in [0.1, 0.15) is 6.54 Å². The van der Waals surface area contributed by atoms with E-state index < -0.39 is 0 Å². The molecule has 0 saturated carbocycles. The highest BCUT2D eigenvalue weighted by Crippen LogP contribution is 2.07. The summed E-state index contributed by atoms with van der Waals surface area (Å²) in [5.74, 6) is 0.198. The highest BCUT2D eigenvalue weighted by molar-refractivity contribution is 14.0. The van der Waals surface area contributed by atoms with Crippen molar-refractivity contribution in [3.05, 3.63) is 22.4 Å². The predicted octanol–water partition coefficient (Wildman–Crippen LogP) is 0.949. The summed E-state index contributed by atoms with van der Waals surface area (Å²) in [6, 6.07) is 4.10. The van der Waals surface area contributed by atoms with E-state index in [0.29, 0.717) is 12.5 Å². The van der Waals surface area contributed by atoms with E-state index in [1.165, 1.54) is 4.88 Å². The number of hydrogen-bond donors (Lipinski definition) is 3. The van der Waals surface area contributed by atoms with Crippen molar-refractivity contribution in [2.24, 2.45) is 10.7 Å². The second-order valence-electron chi connectivity index (χ2n) is 3.41. The Morgan fingerprint density at radius 1 is 1.50 bits per heavy atom. The molecule has 0 atom stereocenters. The lowest BCUT2D eigenvalue weighted by Gasteiger charge is -2.04. The van der Waals surface area contributed by atoms with Gasteiger partial charge < -0.3 is 16.4 Å². The van der Waals surface area contributed by atoms with Crippen LogP contribution < -0.4 is 16.4 Å². The van der Waals surface area contributed by atoms with Gasteiger partial charge >= 0.3 is 0 Å². The van der Waals surface area contributed by atoms with Gasteiger partial charge in [-0.1, -0.05) is 6.07 Å². The van der Waals surface area contributed by atoms with Gasteiger partial charge in [0, 0.05) is 18.0 Å². The maximum absolute atomic E-state index is 11.1. The Morgan fingerprint density at radius 2 is 2.28 bits per heavy atom. The molecule has 1 heterocycles. The van der Waals surface area contributed by atoms with Gasteiger partial charge in [-0.3, -0.25) is 4.79 Å². The molecule has 18 heavy (non-hydrogen) atoms. The van der Waals surface area contributed by atoms with Crippen molar-refractivity contribution in [2.45, 2.75) is 13.3 Å². The van der Waals surface area contributed by atoms with Crippen LogP contribution in [0.4, 0.5) is 0 Å². The third-order valence-electron chi connectivity index (χ3n) is 2.02. The first-order valence-corrected chi connectivity index (χ1v) is 6.43. The van der Waals surface area contributed by atoms with E-state index in [-0.39, 0.29) is 36.4 Å². The van der Waals surface area contributed by atoms with Crippen molar-refractivity contribution < 1.29 is 4.79 Å². The van der Waals surface area contributed by atoms with Crippen LogP contribution in [0.15, 0.2) is 22.5 Å². The van der Waals surface area contributed by atoms with Gasteiger partial charge in [-0.25, -0.2) is 4.99 Å². The zero-order chi connectivity index (χ0) is 12.5. The topological polar surface area (TPSA) is 79.5 Å². The lowest BCUT2D eigenvalue weighted by atomic mass is 10.3. The van der Waals surface area contributed by atoms with Gasteiger partial charge in [-0.05, 0) is 24.8 Å². The van der Waals surface area contributed by atoms with E-state index in [1.54, 1.807) is 11.3 Å². The van der Waals surface area contributed by atoms with Gasteiger partial charge in [0.05, 0.1) is 0 Å². The number of halogens is 1. The highest BCUT2D eigenvalue weighted by atomic mass is 127. The molecule has 102 valence electrons. The van der Waals surface area contributed by atoms with Gasteiger partial charge in [0.25, 0.3) is 0 Å². The third kappa shape index (κ3) is 7.49. The number of carbonyl (C=O) groups excluding carboxylic acids is 1. The number of hydrogen-bond acceptors (Lipinski definition) is 3. The van der Waals surface area contributed by atoms with Crippen LogP contribution in [0.5, 0.6) is 0 Å². The van der Waals surface area contributed by atoms with Crippen LogP contribution in [-0.4, -0.2) is 31.5 Å². The van der Waals surface area contributed by atoms with Gasteiger partial charge in [0.15, 0.2) is 5.96 Å². The van der Waals surface area contributed by atoms with Crippen LogP contribution in [0.1, 0.15) is 11.8 Å². The average molecular weight is 382 g/mol. The molecule has 0 saturated heterocycles. The summed E-state index contributed by atoms with van der Waals surface area (Å²) in [6.45, 7) is 3.28. The number of amides is 1. The SMILES string of the molecule is CCNC(=O)CN=C(N)NCCc1cccs1.I. The molecule has 0 fully saturated rings. The van der Waals surface area contributed by atoms with Crippen LogP contribution in [0, 0.1) is 0 Å². The minimum Gasteiger partial charge on any atom is -0.370 e. The minimum absolute atomic E-state index is 0. The predicted molar refractivity (Wildman–Crippen MR) is 86.6 cm³/mol. The Labute approximate surface area is 128 Å². The Morgan fingerprint density at radius 3 is 2.89 bits per heavy atom. The van der Waals surface area contributed by atoms with E-state index in [2.05, 4.69) is 21.7 Å². The second-order valence-corrected chi connectivity index (χ2v) is 4.44. The largest absolute Gasteiger partial charge is 0.370 e. The first-order valence-electron chi connectivity index (χ1n) is 5.55. The first-order chi connectivity index (χ1) is 8.22. The fraction of sp³-hybridized carbons (Fsp3) is 0.455.